The van der Waals surface area contributed by atoms with E-state index in [-0.39, 0.29) is 0 Å². The molecule has 1 rings (SSSR count). The van der Waals surface area contributed by atoms with Gasteiger partial charge in [0.2, 0.25) is 0 Å². The van der Waals surface area contributed by atoms with E-state index in [1.54, 1.807) is 0 Å². The van der Waals surface area contributed by atoms with E-state index in [1.165, 1.54) is 17.5 Å². The van der Waals surface area contributed by atoms with E-state index in [0.717, 1.165) is 39.1 Å². The molecule has 0 fully saturated rings. The zero-order valence-electron chi connectivity index (χ0n) is 11.2. The van der Waals surface area contributed by atoms with Gasteiger partial charge in [0.25, 0.3) is 0 Å². The molecule has 0 aliphatic heterocycles. The van der Waals surface area contributed by atoms with E-state index in [9.17, 15) is 0 Å². The van der Waals surface area contributed by atoms with Gasteiger partial charge < -0.3 is 10.1 Å². The molecule has 2 heteroatoms. The highest BCUT2D eigenvalue weighted by atomic mass is 16.5. The average molecular weight is 235 g/mol. The zero-order valence-corrected chi connectivity index (χ0v) is 11.2. The lowest BCUT2D eigenvalue weighted by Crippen LogP contribution is -2.20. The van der Waals surface area contributed by atoms with Crippen LogP contribution in [0, 0.1) is 0 Å². The standard InChI is InChI=1S/C15H25NO/c1-3-10-16-11-13-17-12-9-15-7-5-14(4-2)6-8-15/h5-8,16H,3-4,9-13H2,1-2H3. The lowest BCUT2D eigenvalue weighted by molar-refractivity contribution is 0.139. The summed E-state index contributed by atoms with van der Waals surface area (Å²) in [4.78, 5) is 0. The Morgan fingerprint density at radius 1 is 0.941 bits per heavy atom. The van der Waals surface area contributed by atoms with E-state index in [0.29, 0.717) is 0 Å². The highest BCUT2D eigenvalue weighted by Crippen LogP contribution is 2.05. The fourth-order valence-electron chi connectivity index (χ4n) is 1.68. The molecule has 1 aromatic rings. The predicted molar refractivity (Wildman–Crippen MR) is 73.5 cm³/mol. The van der Waals surface area contributed by atoms with Crippen molar-refractivity contribution in [3.05, 3.63) is 35.4 Å². The van der Waals surface area contributed by atoms with Gasteiger partial charge in [-0.2, -0.15) is 0 Å². The Balaban J connectivity index is 2.05. The first kappa shape index (κ1) is 14.2. The van der Waals surface area contributed by atoms with Gasteiger partial charge in [0.1, 0.15) is 0 Å². The van der Waals surface area contributed by atoms with Crippen LogP contribution in [0.3, 0.4) is 0 Å². The van der Waals surface area contributed by atoms with Crippen LogP contribution in [0.4, 0.5) is 0 Å². The molecule has 1 N–H and O–H groups in total. The quantitative estimate of drug-likeness (QED) is 0.665. The average Bonchev–Trinajstić information content (AvgIpc) is 2.38. The van der Waals surface area contributed by atoms with Crippen LogP contribution in [0.2, 0.25) is 0 Å². The van der Waals surface area contributed by atoms with Gasteiger partial charge in [0.15, 0.2) is 0 Å². The van der Waals surface area contributed by atoms with Crippen LogP contribution in [0.5, 0.6) is 0 Å². The number of hydrogen-bond acceptors (Lipinski definition) is 2. The summed E-state index contributed by atoms with van der Waals surface area (Å²) >= 11 is 0. The van der Waals surface area contributed by atoms with E-state index in [4.69, 9.17) is 4.74 Å². The van der Waals surface area contributed by atoms with Crippen molar-refractivity contribution in [2.75, 3.05) is 26.3 Å². The molecule has 1 aromatic carbocycles. The van der Waals surface area contributed by atoms with Crippen molar-refractivity contribution in [1.29, 1.82) is 0 Å². The van der Waals surface area contributed by atoms with Crippen molar-refractivity contribution in [2.45, 2.75) is 33.1 Å². The first-order valence-corrected chi connectivity index (χ1v) is 6.73. The molecule has 2 nitrogen and oxygen atoms in total. The molecular weight excluding hydrogens is 210 g/mol. The number of nitrogens with one attached hydrogen (secondary N) is 1. The monoisotopic (exact) mass is 235 g/mol. The topological polar surface area (TPSA) is 21.3 Å². The van der Waals surface area contributed by atoms with Crippen molar-refractivity contribution in [2.24, 2.45) is 0 Å². The van der Waals surface area contributed by atoms with Gasteiger partial charge in [-0.15, -0.1) is 0 Å². The Kier molecular flexibility index (Phi) is 7.69. The van der Waals surface area contributed by atoms with Crippen LogP contribution in [-0.4, -0.2) is 26.3 Å². The second kappa shape index (κ2) is 9.20. The molecule has 0 amide bonds. The van der Waals surface area contributed by atoms with Crippen LogP contribution in [0.25, 0.3) is 0 Å². The molecule has 0 radical (unpaired) electrons. The number of benzene rings is 1. The largest absolute Gasteiger partial charge is 0.380 e. The molecular formula is C15H25NO. The number of rotatable bonds is 9. The summed E-state index contributed by atoms with van der Waals surface area (Å²) in [7, 11) is 0. The fraction of sp³-hybridized carbons (Fsp3) is 0.600. The van der Waals surface area contributed by atoms with Crippen LogP contribution < -0.4 is 5.32 Å². The van der Waals surface area contributed by atoms with Gasteiger partial charge in [-0.25, -0.2) is 0 Å². The van der Waals surface area contributed by atoms with Crippen LogP contribution in [-0.2, 0) is 17.6 Å². The third-order valence-electron chi connectivity index (χ3n) is 2.82. The second-order valence-corrected chi connectivity index (χ2v) is 4.28. The molecule has 96 valence electrons. The number of hydrogen-bond donors (Lipinski definition) is 1. The maximum atomic E-state index is 5.58. The van der Waals surface area contributed by atoms with Crippen molar-refractivity contribution in [1.82, 2.24) is 5.32 Å². The van der Waals surface area contributed by atoms with Crippen LogP contribution in [0.15, 0.2) is 24.3 Å². The first-order chi connectivity index (χ1) is 8.36. The Bertz CT molecular complexity index is 281. The number of aryl methyl sites for hydroxylation is 1. The van der Waals surface area contributed by atoms with E-state index in [1.807, 2.05) is 0 Å². The van der Waals surface area contributed by atoms with E-state index in [2.05, 4.69) is 43.4 Å². The molecule has 0 saturated carbocycles. The second-order valence-electron chi connectivity index (χ2n) is 4.28. The third-order valence-corrected chi connectivity index (χ3v) is 2.82. The van der Waals surface area contributed by atoms with Gasteiger partial charge in [-0.1, -0.05) is 38.1 Å². The lowest BCUT2D eigenvalue weighted by atomic mass is 10.1. The molecule has 0 saturated heterocycles. The minimum Gasteiger partial charge on any atom is -0.380 e. The summed E-state index contributed by atoms with van der Waals surface area (Å²) < 4.78 is 5.58. The van der Waals surface area contributed by atoms with Crippen LogP contribution in [0.1, 0.15) is 31.4 Å². The normalized spacial score (nSPS) is 10.7. The Morgan fingerprint density at radius 2 is 1.65 bits per heavy atom. The smallest absolute Gasteiger partial charge is 0.0591 e. The summed E-state index contributed by atoms with van der Waals surface area (Å²) in [5.41, 5.74) is 2.77. The Hall–Kier alpha value is -0.860. The highest BCUT2D eigenvalue weighted by molar-refractivity contribution is 5.22. The van der Waals surface area contributed by atoms with E-state index >= 15 is 0 Å². The molecule has 17 heavy (non-hydrogen) atoms. The van der Waals surface area contributed by atoms with Gasteiger partial charge in [-0.05, 0) is 36.9 Å². The molecule has 0 aromatic heterocycles. The molecule has 0 spiro atoms. The Labute approximate surface area is 105 Å². The lowest BCUT2D eigenvalue weighted by Gasteiger charge is -2.06. The molecule has 0 aliphatic rings. The minimum absolute atomic E-state index is 0.813. The maximum absolute atomic E-state index is 5.58. The molecule has 0 aliphatic carbocycles. The number of ether oxygens (including phenoxy) is 1. The molecule has 0 bridgehead atoms. The summed E-state index contributed by atoms with van der Waals surface area (Å²) in [6.45, 7) is 8.03. The summed E-state index contributed by atoms with van der Waals surface area (Å²) in [5, 5.41) is 3.32. The van der Waals surface area contributed by atoms with Crippen molar-refractivity contribution in [3.63, 3.8) is 0 Å². The first-order valence-electron chi connectivity index (χ1n) is 6.73. The predicted octanol–water partition coefficient (Wildman–Crippen LogP) is 2.81. The fourth-order valence-corrected chi connectivity index (χ4v) is 1.68. The molecule has 0 unspecified atom stereocenters. The summed E-state index contributed by atoms with van der Waals surface area (Å²) in [6, 6.07) is 8.82. The Morgan fingerprint density at radius 3 is 2.29 bits per heavy atom. The van der Waals surface area contributed by atoms with Gasteiger partial charge >= 0.3 is 0 Å². The van der Waals surface area contributed by atoms with Gasteiger partial charge in [0.05, 0.1) is 13.2 Å². The van der Waals surface area contributed by atoms with E-state index < -0.39 is 0 Å². The molecule has 0 atom stereocenters. The zero-order chi connectivity index (χ0) is 12.3. The van der Waals surface area contributed by atoms with Crippen LogP contribution >= 0.6 is 0 Å². The minimum atomic E-state index is 0.813. The summed E-state index contributed by atoms with van der Waals surface area (Å²) in [6.07, 6.45) is 3.31. The van der Waals surface area contributed by atoms with Crippen molar-refractivity contribution < 1.29 is 4.74 Å². The van der Waals surface area contributed by atoms with Gasteiger partial charge in [0, 0.05) is 6.54 Å². The third kappa shape index (κ3) is 6.44. The maximum Gasteiger partial charge on any atom is 0.0591 e. The van der Waals surface area contributed by atoms with Gasteiger partial charge in [-0.3, -0.25) is 0 Å². The van der Waals surface area contributed by atoms with Crippen molar-refractivity contribution >= 4 is 0 Å². The SMILES string of the molecule is CCCNCCOCCc1ccc(CC)cc1. The summed E-state index contributed by atoms with van der Waals surface area (Å²) in [5.74, 6) is 0. The highest BCUT2D eigenvalue weighted by Gasteiger charge is 1.94. The van der Waals surface area contributed by atoms with Crippen molar-refractivity contribution in [3.8, 4) is 0 Å². The molecule has 0 heterocycles.